The first-order valence-corrected chi connectivity index (χ1v) is 21.1. The molecule has 0 amide bonds. The van der Waals surface area contributed by atoms with Gasteiger partial charge in [-0.15, -0.1) is 74.6 Å². The molecule has 3 radical (unpaired) electrons. The van der Waals surface area contributed by atoms with Gasteiger partial charge in [-0.05, 0) is 72.9 Å². The summed E-state index contributed by atoms with van der Waals surface area (Å²) in [5.74, 6) is 1.26. The second-order valence-corrected chi connectivity index (χ2v) is 16.7. The van der Waals surface area contributed by atoms with Crippen molar-refractivity contribution < 1.29 is 26.2 Å². The monoisotopic (exact) mass is 819 g/mol. The van der Waals surface area contributed by atoms with Crippen molar-refractivity contribution in [3.63, 3.8) is 0 Å². The summed E-state index contributed by atoms with van der Waals surface area (Å²) in [6, 6.07) is 54.2. The standard InChI is InChI=1S/2C21H23.C12H7Si.Zr/c2*1-5-14(2)18-12-17-9-7-11-20(21(17)13-18)19-10-6-8-15(3)16(19)4;1-3-7-11-9(5-1)10-6-2-4-8-12(10)13-11;/h2*6-14H,5H2,1-4H3;1-7H;/q3*-1;+3. The SMILES string of the molecule is CCC(C)c1cc2c(-c3cccc(C)c3C)cccc2[cH-]1.CCC(C)c1cc2c(-c3cccc(C)c3C)cccc2[cH-]1.[Zr+3].[c-]1cccc2c1[Si]c1ccccc1-2. The summed E-state index contributed by atoms with van der Waals surface area (Å²) >= 11 is 0. The average molecular weight is 821 g/mol. The molecule has 0 spiro atoms. The molecule has 0 N–H and O–H groups in total. The smallest absolute Gasteiger partial charge is 0.184 e. The largest absolute Gasteiger partial charge is 3.00 e. The first kappa shape index (κ1) is 41.3. The van der Waals surface area contributed by atoms with E-state index in [1.807, 2.05) is 6.07 Å². The topological polar surface area (TPSA) is 0 Å². The second-order valence-electron chi connectivity index (χ2n) is 15.4. The zero-order chi connectivity index (χ0) is 38.6. The Morgan fingerprint density at radius 3 is 1.48 bits per heavy atom. The third kappa shape index (κ3) is 8.49. The maximum Gasteiger partial charge on any atom is 3.00 e. The minimum Gasteiger partial charge on any atom is -0.184 e. The van der Waals surface area contributed by atoms with Gasteiger partial charge in [-0.1, -0.05) is 135 Å². The molecule has 0 aliphatic carbocycles. The predicted molar refractivity (Wildman–Crippen MR) is 242 cm³/mol. The van der Waals surface area contributed by atoms with E-state index in [9.17, 15) is 0 Å². The Morgan fingerprint density at radius 2 is 0.964 bits per heavy atom. The Labute approximate surface area is 357 Å². The fourth-order valence-corrected chi connectivity index (χ4v) is 9.15. The van der Waals surface area contributed by atoms with Crippen LogP contribution in [0.25, 0.3) is 54.9 Å². The quantitative estimate of drug-likeness (QED) is 0.116. The van der Waals surface area contributed by atoms with Gasteiger partial charge in [0.25, 0.3) is 0 Å². The van der Waals surface area contributed by atoms with Crippen LogP contribution < -0.4 is 10.4 Å². The molecule has 0 bridgehead atoms. The molecule has 0 saturated heterocycles. The molecule has 0 aromatic heterocycles. The fraction of sp³-hybridized carbons (Fsp3) is 0.222. The summed E-state index contributed by atoms with van der Waals surface area (Å²) in [7, 11) is 0.795. The molecule has 1 aliphatic heterocycles. The van der Waals surface area contributed by atoms with Crippen LogP contribution in [-0.2, 0) is 26.2 Å². The van der Waals surface area contributed by atoms with E-state index in [-0.39, 0.29) is 26.2 Å². The molecule has 1 aliphatic rings. The molecule has 2 heteroatoms. The molecule has 0 nitrogen and oxygen atoms in total. The molecular weight excluding hydrogens is 768 g/mol. The fourth-order valence-electron chi connectivity index (χ4n) is 7.84. The van der Waals surface area contributed by atoms with Crippen molar-refractivity contribution in [1.82, 2.24) is 0 Å². The van der Waals surface area contributed by atoms with Crippen molar-refractivity contribution in [2.75, 3.05) is 0 Å². The Balaban J connectivity index is 0.000000145. The Bertz CT molecular complexity index is 2400. The maximum atomic E-state index is 3.31. The van der Waals surface area contributed by atoms with Crippen LogP contribution >= 0.6 is 0 Å². The van der Waals surface area contributed by atoms with E-state index in [0.717, 1.165) is 9.52 Å². The number of hydrogen-bond acceptors (Lipinski definition) is 0. The summed E-state index contributed by atoms with van der Waals surface area (Å²) in [5.41, 5.74) is 16.6. The summed E-state index contributed by atoms with van der Waals surface area (Å²) < 4.78 is 0. The van der Waals surface area contributed by atoms with E-state index in [2.05, 4.69) is 195 Å². The Hall–Kier alpha value is -4.36. The average Bonchev–Trinajstić information content (AvgIpc) is 3.95. The van der Waals surface area contributed by atoms with E-state index < -0.39 is 0 Å². The molecule has 9 rings (SSSR count). The van der Waals surface area contributed by atoms with E-state index in [1.165, 1.54) is 112 Å². The first-order valence-electron chi connectivity index (χ1n) is 20.1. The van der Waals surface area contributed by atoms with Crippen molar-refractivity contribution >= 4 is 41.4 Å². The van der Waals surface area contributed by atoms with Gasteiger partial charge in [-0.2, -0.15) is 41.6 Å². The normalized spacial score (nSPS) is 12.4. The van der Waals surface area contributed by atoms with Crippen molar-refractivity contribution in [2.45, 2.75) is 80.1 Å². The molecule has 0 saturated carbocycles. The zero-order valence-electron chi connectivity index (χ0n) is 34.3. The summed E-state index contributed by atoms with van der Waals surface area (Å²) in [6.45, 7) is 18.0. The summed E-state index contributed by atoms with van der Waals surface area (Å²) in [4.78, 5) is 0. The summed E-state index contributed by atoms with van der Waals surface area (Å²) in [6.07, 6.45) is 2.38. The molecule has 0 fully saturated rings. The van der Waals surface area contributed by atoms with Crippen LogP contribution in [-0.4, -0.2) is 9.52 Å². The van der Waals surface area contributed by atoms with E-state index in [1.54, 1.807) is 0 Å². The minimum atomic E-state index is 0. The Kier molecular flexibility index (Phi) is 13.5. The number of benzene rings is 6. The van der Waals surface area contributed by atoms with Gasteiger partial charge in [-0.3, -0.25) is 0 Å². The second kappa shape index (κ2) is 18.3. The van der Waals surface area contributed by atoms with Gasteiger partial charge in [0.2, 0.25) is 0 Å². The van der Waals surface area contributed by atoms with Crippen molar-refractivity contribution in [2.24, 2.45) is 0 Å². The number of rotatable bonds is 6. The molecule has 56 heavy (non-hydrogen) atoms. The van der Waals surface area contributed by atoms with Crippen LogP contribution in [0.5, 0.6) is 0 Å². The van der Waals surface area contributed by atoms with Crippen molar-refractivity contribution in [1.29, 1.82) is 0 Å². The number of fused-ring (bicyclic) bond motifs is 5. The van der Waals surface area contributed by atoms with Crippen LogP contribution in [0, 0.1) is 33.8 Å². The van der Waals surface area contributed by atoms with Crippen LogP contribution in [0.4, 0.5) is 0 Å². The molecule has 8 aromatic carbocycles. The molecule has 2 unspecified atom stereocenters. The van der Waals surface area contributed by atoms with Gasteiger partial charge < -0.3 is 0 Å². The van der Waals surface area contributed by atoms with Gasteiger partial charge in [0, 0.05) is 0 Å². The molecule has 1 heterocycles. The van der Waals surface area contributed by atoms with E-state index in [4.69, 9.17) is 0 Å². The molecule has 2 atom stereocenters. The number of hydrogen-bond donors (Lipinski definition) is 0. The van der Waals surface area contributed by atoms with Gasteiger partial charge in [-0.25, -0.2) is 0 Å². The van der Waals surface area contributed by atoms with Gasteiger partial charge >= 0.3 is 26.2 Å². The molecule has 8 aromatic rings. The van der Waals surface area contributed by atoms with Crippen LogP contribution in [0.3, 0.4) is 0 Å². The zero-order valence-corrected chi connectivity index (χ0v) is 37.8. The minimum absolute atomic E-state index is 0. The Morgan fingerprint density at radius 1 is 0.518 bits per heavy atom. The van der Waals surface area contributed by atoms with Crippen molar-refractivity contribution in [3.05, 3.63) is 179 Å². The van der Waals surface area contributed by atoms with E-state index >= 15 is 0 Å². The maximum absolute atomic E-state index is 3.31. The predicted octanol–water partition coefficient (Wildman–Crippen LogP) is 13.8. The van der Waals surface area contributed by atoms with E-state index in [0.29, 0.717) is 11.8 Å². The van der Waals surface area contributed by atoms with Crippen molar-refractivity contribution in [3.8, 4) is 33.4 Å². The molecule has 277 valence electrons. The summed E-state index contributed by atoms with van der Waals surface area (Å²) in [5, 5.41) is 8.33. The van der Waals surface area contributed by atoms with Crippen LogP contribution in [0.2, 0.25) is 0 Å². The van der Waals surface area contributed by atoms with Crippen LogP contribution in [0.1, 0.15) is 85.8 Å². The van der Waals surface area contributed by atoms with Gasteiger partial charge in [0.05, 0.1) is 9.52 Å². The van der Waals surface area contributed by atoms with Gasteiger partial charge in [0.1, 0.15) is 0 Å². The first-order chi connectivity index (χ1) is 26.7. The third-order valence-electron chi connectivity index (χ3n) is 12.0. The van der Waals surface area contributed by atoms with Gasteiger partial charge in [0.15, 0.2) is 0 Å². The number of aryl methyl sites for hydroxylation is 2. The van der Waals surface area contributed by atoms with Crippen LogP contribution in [0.15, 0.2) is 140 Å². The molecular formula is C54H53SiZr. The third-order valence-corrected chi connectivity index (χ3v) is 13.4.